The highest BCUT2D eigenvalue weighted by atomic mass is 79.9. The molecule has 0 aromatic heterocycles. The van der Waals surface area contributed by atoms with Gasteiger partial charge in [-0.1, -0.05) is 47.5 Å². The van der Waals surface area contributed by atoms with Crippen molar-refractivity contribution in [2.24, 2.45) is 5.92 Å². The lowest BCUT2D eigenvalue weighted by molar-refractivity contribution is 0.0421. The minimum absolute atomic E-state index is 0.671. The first-order chi connectivity index (χ1) is 13.6. The van der Waals surface area contributed by atoms with Gasteiger partial charge in [-0.2, -0.15) is 0 Å². The number of fused-ring (bicyclic) bond motifs is 2. The third kappa shape index (κ3) is 3.67. The molecule has 0 radical (unpaired) electrons. The van der Waals surface area contributed by atoms with Crippen LogP contribution >= 0.6 is 27.5 Å². The van der Waals surface area contributed by atoms with E-state index in [2.05, 4.69) is 75.5 Å². The van der Waals surface area contributed by atoms with E-state index in [9.17, 15) is 0 Å². The molecule has 3 atom stereocenters. The summed E-state index contributed by atoms with van der Waals surface area (Å²) in [5.74, 6) is 1.59. The smallest absolute Gasteiger partial charge is 0.0551 e. The standard InChI is InChI=1S/C24H28BrClN2/c1-15-2-5-18(6-3-15)19-11-20(12-19)28(24-10-17-9-23(24)27-13-17)14-16-4-7-21(25)22(26)8-16/h2-8,17,19-20,23-24,27H,9-14H2,1H3. The topological polar surface area (TPSA) is 15.3 Å². The highest BCUT2D eigenvalue weighted by Gasteiger charge is 2.46. The second-order valence-electron chi connectivity index (χ2n) is 9.07. The summed E-state index contributed by atoms with van der Waals surface area (Å²) < 4.78 is 0.981. The Morgan fingerprint density at radius 1 is 1.07 bits per heavy atom. The molecule has 1 saturated heterocycles. The largest absolute Gasteiger partial charge is 0.312 e. The predicted molar refractivity (Wildman–Crippen MR) is 120 cm³/mol. The number of hydrogen-bond donors (Lipinski definition) is 1. The van der Waals surface area contributed by atoms with Gasteiger partial charge >= 0.3 is 0 Å². The Hall–Kier alpha value is -0.870. The van der Waals surface area contributed by atoms with Crippen LogP contribution in [0, 0.1) is 12.8 Å². The van der Waals surface area contributed by atoms with E-state index in [1.54, 1.807) is 0 Å². The molecule has 2 bridgehead atoms. The van der Waals surface area contributed by atoms with Crippen molar-refractivity contribution >= 4 is 27.5 Å². The average molecular weight is 460 g/mol. The van der Waals surface area contributed by atoms with Gasteiger partial charge < -0.3 is 5.32 Å². The Morgan fingerprint density at radius 3 is 2.50 bits per heavy atom. The molecule has 2 aliphatic carbocycles. The summed E-state index contributed by atoms with van der Waals surface area (Å²) in [7, 11) is 0. The van der Waals surface area contributed by atoms with Crippen molar-refractivity contribution in [3.8, 4) is 0 Å². The highest BCUT2D eigenvalue weighted by Crippen LogP contribution is 2.45. The van der Waals surface area contributed by atoms with Gasteiger partial charge in [0, 0.05) is 29.1 Å². The van der Waals surface area contributed by atoms with Gasteiger partial charge in [-0.15, -0.1) is 0 Å². The van der Waals surface area contributed by atoms with Gasteiger partial charge in [0.15, 0.2) is 0 Å². The summed E-state index contributed by atoms with van der Waals surface area (Å²) in [6.07, 6.45) is 5.27. The Morgan fingerprint density at radius 2 is 1.86 bits per heavy atom. The monoisotopic (exact) mass is 458 g/mol. The molecule has 2 nitrogen and oxygen atoms in total. The minimum atomic E-state index is 0.671. The lowest BCUT2D eigenvalue weighted by Gasteiger charge is -2.48. The first-order valence-electron chi connectivity index (χ1n) is 10.6. The predicted octanol–water partition coefficient (Wildman–Crippen LogP) is 5.91. The minimum Gasteiger partial charge on any atom is -0.312 e. The molecule has 2 aromatic rings. The van der Waals surface area contributed by atoms with Gasteiger partial charge in [0.1, 0.15) is 0 Å². The molecule has 3 fully saturated rings. The molecule has 148 valence electrons. The first kappa shape index (κ1) is 19.1. The summed E-state index contributed by atoms with van der Waals surface area (Å²) in [6, 6.07) is 17.6. The lowest BCUT2D eigenvalue weighted by Crippen LogP contribution is -2.55. The number of nitrogens with one attached hydrogen (secondary N) is 1. The molecule has 1 aliphatic heterocycles. The maximum atomic E-state index is 6.39. The Balaban J connectivity index is 1.33. The summed E-state index contributed by atoms with van der Waals surface area (Å²) in [5, 5.41) is 4.58. The van der Waals surface area contributed by atoms with Crippen LogP contribution in [0.1, 0.15) is 48.3 Å². The zero-order valence-corrected chi connectivity index (χ0v) is 18.7. The third-order valence-corrected chi connectivity index (χ3v) is 8.43. The van der Waals surface area contributed by atoms with Crippen LogP contribution in [-0.4, -0.2) is 29.6 Å². The van der Waals surface area contributed by atoms with Crippen molar-refractivity contribution in [3.05, 3.63) is 68.7 Å². The van der Waals surface area contributed by atoms with Gasteiger partial charge in [-0.3, -0.25) is 4.90 Å². The fourth-order valence-electron chi connectivity index (χ4n) is 5.52. The number of piperidine rings is 1. The zero-order valence-electron chi connectivity index (χ0n) is 16.4. The first-order valence-corrected chi connectivity index (χ1v) is 11.7. The van der Waals surface area contributed by atoms with Crippen LogP contribution in [0.25, 0.3) is 0 Å². The average Bonchev–Trinajstić information content (AvgIpc) is 3.27. The van der Waals surface area contributed by atoms with Crippen molar-refractivity contribution < 1.29 is 0 Å². The van der Waals surface area contributed by atoms with Crippen LogP contribution in [-0.2, 0) is 6.54 Å². The summed E-state index contributed by atoms with van der Waals surface area (Å²) in [4.78, 5) is 2.81. The van der Waals surface area contributed by atoms with E-state index >= 15 is 0 Å². The maximum absolute atomic E-state index is 6.39. The molecule has 1 heterocycles. The molecule has 28 heavy (non-hydrogen) atoms. The van der Waals surface area contributed by atoms with E-state index in [1.165, 1.54) is 48.9 Å². The fraction of sp³-hybridized carbons (Fsp3) is 0.500. The molecular formula is C24H28BrClN2. The van der Waals surface area contributed by atoms with Crippen molar-refractivity contribution in [1.29, 1.82) is 0 Å². The Kier molecular flexibility index (Phi) is 5.29. The quantitative estimate of drug-likeness (QED) is 0.598. The van der Waals surface area contributed by atoms with Gasteiger partial charge in [0.05, 0.1) is 5.02 Å². The summed E-state index contributed by atoms with van der Waals surface area (Å²) in [6.45, 7) is 4.39. The molecule has 2 saturated carbocycles. The normalized spacial score (nSPS) is 31.4. The number of hydrogen-bond acceptors (Lipinski definition) is 2. The summed E-state index contributed by atoms with van der Waals surface area (Å²) >= 11 is 9.91. The van der Waals surface area contributed by atoms with Gasteiger partial charge in [0.2, 0.25) is 0 Å². The molecule has 0 spiro atoms. The molecule has 3 unspecified atom stereocenters. The number of nitrogens with zero attached hydrogens (tertiary/aromatic N) is 1. The van der Waals surface area contributed by atoms with Crippen molar-refractivity contribution in [2.45, 2.75) is 63.2 Å². The van der Waals surface area contributed by atoms with Crippen molar-refractivity contribution in [1.82, 2.24) is 10.2 Å². The fourth-order valence-corrected chi connectivity index (χ4v) is 5.97. The Labute approximate surface area is 181 Å². The summed E-state index contributed by atoms with van der Waals surface area (Å²) in [5.41, 5.74) is 4.19. The second-order valence-corrected chi connectivity index (χ2v) is 10.3. The number of halogens is 2. The molecule has 3 aliphatic rings. The number of aryl methyl sites for hydroxylation is 1. The second kappa shape index (κ2) is 7.75. The van der Waals surface area contributed by atoms with E-state index < -0.39 is 0 Å². The van der Waals surface area contributed by atoms with Crippen LogP contribution in [0.5, 0.6) is 0 Å². The van der Waals surface area contributed by atoms with Crippen LogP contribution in [0.4, 0.5) is 0 Å². The number of benzene rings is 2. The van der Waals surface area contributed by atoms with Crippen molar-refractivity contribution in [3.63, 3.8) is 0 Å². The molecule has 5 rings (SSSR count). The Bertz CT molecular complexity index is 846. The molecular weight excluding hydrogens is 432 g/mol. The van der Waals surface area contributed by atoms with Gasteiger partial charge in [-0.25, -0.2) is 0 Å². The number of rotatable bonds is 5. The molecule has 4 heteroatoms. The maximum Gasteiger partial charge on any atom is 0.0551 e. The van der Waals surface area contributed by atoms with Crippen LogP contribution in [0.3, 0.4) is 0 Å². The lowest BCUT2D eigenvalue weighted by atomic mass is 9.74. The van der Waals surface area contributed by atoms with E-state index in [0.29, 0.717) is 24.0 Å². The van der Waals surface area contributed by atoms with Crippen LogP contribution < -0.4 is 5.32 Å². The molecule has 2 aromatic carbocycles. The zero-order chi connectivity index (χ0) is 19.3. The molecule has 0 amide bonds. The van der Waals surface area contributed by atoms with Crippen molar-refractivity contribution in [2.75, 3.05) is 6.54 Å². The molecule has 1 N–H and O–H groups in total. The third-order valence-electron chi connectivity index (χ3n) is 7.20. The van der Waals surface area contributed by atoms with E-state index in [0.717, 1.165) is 22.0 Å². The van der Waals surface area contributed by atoms with E-state index in [1.807, 2.05) is 0 Å². The van der Waals surface area contributed by atoms with Crippen LogP contribution in [0.15, 0.2) is 46.9 Å². The van der Waals surface area contributed by atoms with Gasteiger partial charge in [0.25, 0.3) is 0 Å². The van der Waals surface area contributed by atoms with Gasteiger partial charge in [-0.05, 0) is 90.2 Å². The van der Waals surface area contributed by atoms with Crippen LogP contribution in [0.2, 0.25) is 5.02 Å². The van der Waals surface area contributed by atoms with E-state index in [4.69, 9.17) is 11.6 Å². The SMILES string of the molecule is Cc1ccc(C2CC(N(Cc3ccc(Br)c(Cl)c3)C3CC4CNC3C4)C2)cc1. The van der Waals surface area contributed by atoms with E-state index in [-0.39, 0.29) is 0 Å². The highest BCUT2D eigenvalue weighted by molar-refractivity contribution is 9.10.